The van der Waals surface area contributed by atoms with Crippen molar-refractivity contribution < 1.29 is 4.79 Å². The molecule has 1 amide bonds. The number of aromatic nitrogens is 5. The first kappa shape index (κ1) is 11.3. The fourth-order valence-electron chi connectivity index (χ4n) is 1.29. The Morgan fingerprint density at radius 3 is 3.12 bits per heavy atom. The van der Waals surface area contributed by atoms with Crippen molar-refractivity contribution in [1.82, 2.24) is 30.5 Å². The average molecular weight is 235 g/mol. The number of carbonyl (C=O) groups excluding carboxylic acids is 1. The minimum absolute atomic E-state index is 0.130. The van der Waals surface area contributed by atoms with E-state index < -0.39 is 0 Å². The van der Waals surface area contributed by atoms with Gasteiger partial charge in [-0.1, -0.05) is 5.21 Å². The van der Waals surface area contributed by atoms with Crippen LogP contribution in [0.15, 0.2) is 18.6 Å². The number of nitrogens with zero attached hydrogens (tertiary/aromatic N) is 4. The molecule has 2 aromatic heterocycles. The molecular weight excluding hydrogens is 222 g/mol. The third kappa shape index (κ3) is 3.11. The highest BCUT2D eigenvalue weighted by atomic mass is 16.2. The molecule has 0 fully saturated rings. The Morgan fingerprint density at radius 2 is 2.47 bits per heavy atom. The van der Waals surface area contributed by atoms with Gasteiger partial charge in [0, 0.05) is 24.8 Å². The van der Waals surface area contributed by atoms with Crippen LogP contribution in [-0.2, 0) is 24.4 Å². The average Bonchev–Trinajstić information content (AvgIpc) is 2.97. The number of aromatic amines is 1. The van der Waals surface area contributed by atoms with Crippen LogP contribution in [0.2, 0.25) is 0 Å². The maximum Gasteiger partial charge on any atom is 0.242 e. The van der Waals surface area contributed by atoms with E-state index in [1.165, 1.54) is 4.68 Å². The maximum atomic E-state index is 11.5. The van der Waals surface area contributed by atoms with Crippen molar-refractivity contribution in [2.24, 2.45) is 5.73 Å². The number of H-pyrrole nitrogens is 1. The highest BCUT2D eigenvalue weighted by molar-refractivity contribution is 5.75. The summed E-state index contributed by atoms with van der Waals surface area (Å²) in [5.74, 6) is -0.139. The first-order valence-electron chi connectivity index (χ1n) is 5.11. The van der Waals surface area contributed by atoms with Crippen LogP contribution in [0.5, 0.6) is 0 Å². The van der Waals surface area contributed by atoms with Gasteiger partial charge in [0.2, 0.25) is 5.91 Å². The van der Waals surface area contributed by atoms with Gasteiger partial charge in [-0.2, -0.15) is 5.10 Å². The van der Waals surface area contributed by atoms with E-state index in [4.69, 9.17) is 5.73 Å². The van der Waals surface area contributed by atoms with E-state index >= 15 is 0 Å². The van der Waals surface area contributed by atoms with Gasteiger partial charge in [0.1, 0.15) is 6.54 Å². The molecule has 2 heterocycles. The monoisotopic (exact) mass is 235 g/mol. The Balaban J connectivity index is 1.81. The number of hydrogen-bond donors (Lipinski definition) is 3. The van der Waals surface area contributed by atoms with Crippen LogP contribution < -0.4 is 11.1 Å². The topological polar surface area (TPSA) is 115 Å². The quantitative estimate of drug-likeness (QED) is 0.600. The second-order valence-corrected chi connectivity index (χ2v) is 3.49. The van der Waals surface area contributed by atoms with E-state index in [1.54, 1.807) is 18.6 Å². The van der Waals surface area contributed by atoms with Crippen molar-refractivity contribution in [3.8, 4) is 0 Å². The smallest absolute Gasteiger partial charge is 0.242 e. The predicted octanol–water partition coefficient (Wildman–Crippen LogP) is -1.22. The van der Waals surface area contributed by atoms with E-state index in [9.17, 15) is 4.79 Å². The number of rotatable bonds is 5. The summed E-state index contributed by atoms with van der Waals surface area (Å²) in [6.45, 7) is 0.884. The third-order valence-corrected chi connectivity index (χ3v) is 2.15. The van der Waals surface area contributed by atoms with Gasteiger partial charge in [-0.15, -0.1) is 5.10 Å². The second kappa shape index (κ2) is 5.21. The van der Waals surface area contributed by atoms with Crippen LogP contribution in [0.25, 0.3) is 0 Å². The molecule has 90 valence electrons. The van der Waals surface area contributed by atoms with E-state index in [2.05, 4.69) is 25.8 Å². The minimum Gasteiger partial charge on any atom is -0.350 e. The standard InChI is InChI=1S/C9H13N7O/c10-1-8-5-16(15-14-8)6-9(17)11-2-7-3-12-13-4-7/h3-5H,1-2,6,10H2,(H,11,17)(H,12,13). The van der Waals surface area contributed by atoms with Crippen molar-refractivity contribution >= 4 is 5.91 Å². The number of hydrogen-bond acceptors (Lipinski definition) is 5. The summed E-state index contributed by atoms with van der Waals surface area (Å²) < 4.78 is 1.45. The summed E-state index contributed by atoms with van der Waals surface area (Å²) in [5, 5.41) is 16.8. The van der Waals surface area contributed by atoms with E-state index in [1.807, 2.05) is 0 Å². The first-order valence-corrected chi connectivity index (χ1v) is 5.11. The summed E-state index contributed by atoms with van der Waals surface area (Å²) in [4.78, 5) is 11.5. The molecule has 2 rings (SSSR count). The fourth-order valence-corrected chi connectivity index (χ4v) is 1.29. The van der Waals surface area contributed by atoms with Gasteiger partial charge < -0.3 is 11.1 Å². The first-order chi connectivity index (χ1) is 8.28. The summed E-state index contributed by atoms with van der Waals surface area (Å²) in [5.41, 5.74) is 6.97. The van der Waals surface area contributed by atoms with Gasteiger partial charge in [-0.25, -0.2) is 4.68 Å². The van der Waals surface area contributed by atoms with Gasteiger partial charge >= 0.3 is 0 Å². The molecule has 0 aliphatic carbocycles. The van der Waals surface area contributed by atoms with E-state index in [0.29, 0.717) is 18.8 Å². The van der Waals surface area contributed by atoms with Crippen LogP contribution in [0.4, 0.5) is 0 Å². The van der Waals surface area contributed by atoms with Gasteiger partial charge in [-0.05, 0) is 0 Å². The molecule has 0 spiro atoms. The molecule has 17 heavy (non-hydrogen) atoms. The van der Waals surface area contributed by atoms with Crippen molar-refractivity contribution in [1.29, 1.82) is 0 Å². The molecule has 0 saturated heterocycles. The maximum absolute atomic E-state index is 11.5. The van der Waals surface area contributed by atoms with Gasteiger partial charge in [0.25, 0.3) is 0 Å². The molecule has 8 nitrogen and oxygen atoms in total. The molecule has 0 aliphatic rings. The van der Waals surface area contributed by atoms with E-state index in [0.717, 1.165) is 5.56 Å². The Morgan fingerprint density at radius 1 is 1.59 bits per heavy atom. The molecule has 8 heteroatoms. The van der Waals surface area contributed by atoms with Crippen LogP contribution in [0, 0.1) is 0 Å². The number of amides is 1. The van der Waals surface area contributed by atoms with Crippen molar-refractivity contribution in [3.63, 3.8) is 0 Å². The number of carbonyl (C=O) groups is 1. The Kier molecular flexibility index (Phi) is 3.46. The molecule has 0 aliphatic heterocycles. The number of nitrogens with one attached hydrogen (secondary N) is 2. The fraction of sp³-hybridized carbons (Fsp3) is 0.333. The Bertz CT molecular complexity index is 475. The van der Waals surface area contributed by atoms with Crippen LogP contribution >= 0.6 is 0 Å². The lowest BCUT2D eigenvalue weighted by Crippen LogP contribution is -2.27. The van der Waals surface area contributed by atoms with Gasteiger partial charge in [0.05, 0.1) is 18.1 Å². The van der Waals surface area contributed by atoms with Crippen LogP contribution in [-0.4, -0.2) is 31.1 Å². The minimum atomic E-state index is -0.139. The predicted molar refractivity (Wildman–Crippen MR) is 58.3 cm³/mol. The molecule has 0 aromatic carbocycles. The number of nitrogens with two attached hydrogens (primary N) is 1. The summed E-state index contributed by atoms with van der Waals surface area (Å²) in [6, 6.07) is 0. The zero-order valence-electron chi connectivity index (χ0n) is 9.13. The van der Waals surface area contributed by atoms with Crippen molar-refractivity contribution in [3.05, 3.63) is 29.8 Å². The molecule has 0 unspecified atom stereocenters. The zero-order valence-corrected chi connectivity index (χ0v) is 9.13. The Hall–Kier alpha value is -2.22. The molecule has 0 radical (unpaired) electrons. The van der Waals surface area contributed by atoms with Crippen LogP contribution in [0.3, 0.4) is 0 Å². The van der Waals surface area contributed by atoms with Gasteiger partial charge in [0.15, 0.2) is 0 Å². The highest BCUT2D eigenvalue weighted by Crippen LogP contribution is 1.93. The summed E-state index contributed by atoms with van der Waals surface area (Å²) in [7, 11) is 0. The molecule has 4 N–H and O–H groups in total. The molecule has 0 atom stereocenters. The molecule has 2 aromatic rings. The van der Waals surface area contributed by atoms with Crippen molar-refractivity contribution in [2.75, 3.05) is 0 Å². The van der Waals surface area contributed by atoms with Crippen molar-refractivity contribution in [2.45, 2.75) is 19.6 Å². The summed E-state index contributed by atoms with van der Waals surface area (Å²) in [6.07, 6.45) is 5.03. The molecule has 0 bridgehead atoms. The lowest BCUT2D eigenvalue weighted by atomic mass is 10.3. The lowest BCUT2D eigenvalue weighted by molar-refractivity contribution is -0.122. The van der Waals surface area contributed by atoms with Crippen LogP contribution in [0.1, 0.15) is 11.3 Å². The zero-order chi connectivity index (χ0) is 12.1. The second-order valence-electron chi connectivity index (χ2n) is 3.49. The lowest BCUT2D eigenvalue weighted by Gasteiger charge is -2.02. The SMILES string of the molecule is NCc1cn(CC(=O)NCc2cn[nH]c2)nn1. The largest absolute Gasteiger partial charge is 0.350 e. The summed E-state index contributed by atoms with van der Waals surface area (Å²) >= 11 is 0. The molecular formula is C9H13N7O. The van der Waals surface area contributed by atoms with Gasteiger partial charge in [-0.3, -0.25) is 9.89 Å². The highest BCUT2D eigenvalue weighted by Gasteiger charge is 2.05. The molecule has 0 saturated carbocycles. The third-order valence-electron chi connectivity index (χ3n) is 2.15. The normalized spacial score (nSPS) is 10.4. The van der Waals surface area contributed by atoms with E-state index in [-0.39, 0.29) is 12.5 Å². The Labute approximate surface area is 97.2 Å².